The second-order valence-corrected chi connectivity index (χ2v) is 20.8. The molecule has 0 saturated carbocycles. The van der Waals surface area contributed by atoms with Gasteiger partial charge in [-0.25, -0.2) is 0 Å². The van der Waals surface area contributed by atoms with Crippen molar-refractivity contribution in [2.45, 2.75) is 96.9 Å². The van der Waals surface area contributed by atoms with Gasteiger partial charge in [0.05, 0.1) is 39.6 Å². The van der Waals surface area contributed by atoms with Crippen LogP contribution in [0.4, 0.5) is 0 Å². The van der Waals surface area contributed by atoms with Gasteiger partial charge < -0.3 is 63.8 Å². The SMILES string of the molecule is CCO[Si](C)(CCCOCC1CO1)OCC.CCO[Si](CCCOCC1CO1)(OCC)OCC.CO[Si](CCCOCC1CO1)(OC)OC. The molecule has 3 heterocycles. The number of rotatable bonds is 31. The van der Waals surface area contributed by atoms with Gasteiger partial charge in [0.2, 0.25) is 0 Å². The molecule has 3 fully saturated rings. The number of hydrogen-bond donors (Lipinski definition) is 0. The molecule has 294 valence electrons. The Morgan fingerprint density at radius 1 is 0.469 bits per heavy atom. The van der Waals surface area contributed by atoms with E-state index in [0.717, 1.165) is 83.6 Å². The van der Waals surface area contributed by atoms with Gasteiger partial charge in [0.1, 0.15) is 18.3 Å². The van der Waals surface area contributed by atoms with Crippen molar-refractivity contribution < 1.29 is 63.8 Å². The first-order chi connectivity index (χ1) is 23.7. The molecule has 0 amide bonds. The van der Waals surface area contributed by atoms with Crippen molar-refractivity contribution in [2.75, 3.05) is 114 Å². The molecule has 0 radical (unpaired) electrons. The van der Waals surface area contributed by atoms with E-state index in [2.05, 4.69) is 6.55 Å². The number of hydrogen-bond acceptors (Lipinski definition) is 14. The standard InChI is InChI=1S/C12H26O5Si.C11H24O4Si.C9H20O5Si/c1-4-15-18(16-5-2,17-6-3)9-7-8-13-10-12-11-14-12;1-4-14-16(3,15-5-2)8-6-7-12-9-11-10-13-11;1-10-15(11-2,12-3)6-4-5-13-7-9-8-14-9/h12H,4-11H2,1-3H3;11H,4-10H2,1-3H3;9H,4-8H2,1-3H3. The van der Waals surface area contributed by atoms with Crippen molar-refractivity contribution in [3.63, 3.8) is 0 Å². The maximum absolute atomic E-state index is 5.76. The molecule has 3 rings (SSSR count). The lowest BCUT2D eigenvalue weighted by Gasteiger charge is -2.28. The van der Waals surface area contributed by atoms with E-state index >= 15 is 0 Å². The van der Waals surface area contributed by atoms with E-state index in [1.165, 1.54) is 0 Å². The molecule has 3 aliphatic heterocycles. The molecule has 3 aliphatic rings. The van der Waals surface area contributed by atoms with Crippen molar-refractivity contribution in [1.82, 2.24) is 0 Å². The van der Waals surface area contributed by atoms with Gasteiger partial charge in [-0.3, -0.25) is 0 Å². The first kappa shape index (κ1) is 47.1. The fourth-order valence-electron chi connectivity index (χ4n) is 4.77. The first-order valence-corrected chi connectivity index (χ1v) is 24.5. The average molecular weight is 763 g/mol. The molecular weight excluding hydrogens is 693 g/mol. The van der Waals surface area contributed by atoms with Crippen LogP contribution in [0.2, 0.25) is 24.7 Å². The highest BCUT2D eigenvalue weighted by atomic mass is 28.4. The van der Waals surface area contributed by atoms with E-state index in [1.54, 1.807) is 21.3 Å². The fourth-order valence-corrected chi connectivity index (χ4v) is 11.4. The molecule has 0 bridgehead atoms. The third-order valence-corrected chi connectivity index (χ3v) is 16.6. The van der Waals surface area contributed by atoms with Crippen LogP contribution in [0.3, 0.4) is 0 Å². The molecular formula is C32H70O14Si3. The highest BCUT2D eigenvalue weighted by Crippen LogP contribution is 2.19. The molecule has 3 unspecified atom stereocenters. The predicted molar refractivity (Wildman–Crippen MR) is 192 cm³/mol. The Balaban J connectivity index is 0.000000369. The summed E-state index contributed by atoms with van der Waals surface area (Å²) < 4.78 is 76.3. The Morgan fingerprint density at radius 3 is 1.06 bits per heavy atom. The predicted octanol–water partition coefficient (Wildman–Crippen LogP) is 4.45. The zero-order valence-corrected chi connectivity index (χ0v) is 35.1. The van der Waals surface area contributed by atoms with Crippen molar-refractivity contribution in [2.24, 2.45) is 0 Å². The summed E-state index contributed by atoms with van der Waals surface area (Å²) in [6, 6.07) is 2.59. The van der Waals surface area contributed by atoms with Crippen molar-refractivity contribution in [3.05, 3.63) is 0 Å². The van der Waals surface area contributed by atoms with E-state index < -0.39 is 26.2 Å². The summed E-state index contributed by atoms with van der Waals surface area (Å²) in [5, 5.41) is 0. The third kappa shape index (κ3) is 24.1. The van der Waals surface area contributed by atoms with Gasteiger partial charge in [0.15, 0.2) is 0 Å². The summed E-state index contributed by atoms with van der Waals surface area (Å²) in [6.07, 6.45) is 3.82. The molecule has 3 saturated heterocycles. The Morgan fingerprint density at radius 2 is 0.776 bits per heavy atom. The van der Waals surface area contributed by atoms with Gasteiger partial charge in [-0.05, 0) is 66.5 Å². The first-order valence-electron chi connectivity index (χ1n) is 18.2. The lowest BCUT2D eigenvalue weighted by atomic mass is 10.5. The summed E-state index contributed by atoms with van der Waals surface area (Å²) in [5.41, 5.74) is 0. The molecule has 3 atom stereocenters. The average Bonchev–Trinajstić information content (AvgIpc) is 3.92. The summed E-state index contributed by atoms with van der Waals surface area (Å²) in [5.74, 6) is 0. The molecule has 0 spiro atoms. The van der Waals surface area contributed by atoms with Gasteiger partial charge in [-0.2, -0.15) is 0 Å². The molecule has 0 aliphatic carbocycles. The normalized spacial score (nSPS) is 19.9. The second-order valence-electron chi connectivity index (χ2n) is 11.7. The minimum absolute atomic E-state index is 0.331. The van der Waals surface area contributed by atoms with Crippen LogP contribution in [0.15, 0.2) is 0 Å². The monoisotopic (exact) mass is 762 g/mol. The lowest BCUT2D eigenvalue weighted by molar-refractivity contribution is 0.0648. The van der Waals surface area contributed by atoms with Crippen LogP contribution in [0.25, 0.3) is 0 Å². The van der Waals surface area contributed by atoms with Gasteiger partial charge in [-0.15, -0.1) is 0 Å². The highest BCUT2D eigenvalue weighted by molar-refractivity contribution is 6.66. The van der Waals surface area contributed by atoms with Crippen LogP contribution in [-0.2, 0) is 63.8 Å². The highest BCUT2D eigenvalue weighted by Gasteiger charge is 2.40. The van der Waals surface area contributed by atoms with Gasteiger partial charge in [0, 0.05) is 86.3 Å². The third-order valence-electron chi connectivity index (χ3n) is 7.51. The minimum atomic E-state index is -2.47. The molecule has 0 N–H and O–H groups in total. The number of epoxide rings is 3. The van der Waals surface area contributed by atoms with Crippen molar-refractivity contribution in [1.29, 1.82) is 0 Å². The van der Waals surface area contributed by atoms with E-state index in [9.17, 15) is 0 Å². The Bertz CT molecular complexity index is 727. The summed E-state index contributed by atoms with van der Waals surface area (Å²) in [4.78, 5) is 0. The Hall–Kier alpha value is 0.0906. The molecule has 17 heteroatoms. The van der Waals surface area contributed by atoms with Gasteiger partial charge in [-0.1, -0.05) is 0 Å². The van der Waals surface area contributed by atoms with Gasteiger partial charge >= 0.3 is 26.2 Å². The van der Waals surface area contributed by atoms with Crippen LogP contribution in [-0.4, -0.2) is 158 Å². The molecule has 14 nitrogen and oxygen atoms in total. The second kappa shape index (κ2) is 28.6. The zero-order valence-electron chi connectivity index (χ0n) is 32.1. The fraction of sp³-hybridized carbons (Fsp3) is 1.00. The van der Waals surface area contributed by atoms with Crippen molar-refractivity contribution in [3.8, 4) is 0 Å². The van der Waals surface area contributed by atoms with Crippen LogP contribution < -0.4 is 0 Å². The van der Waals surface area contributed by atoms with Crippen molar-refractivity contribution >= 4 is 26.2 Å². The number of ether oxygens (including phenoxy) is 6. The minimum Gasteiger partial charge on any atom is -0.395 e. The van der Waals surface area contributed by atoms with E-state index in [4.69, 9.17) is 63.8 Å². The van der Waals surface area contributed by atoms with E-state index in [0.29, 0.717) is 64.6 Å². The molecule has 0 aromatic heterocycles. The molecule has 49 heavy (non-hydrogen) atoms. The summed E-state index contributed by atoms with van der Waals surface area (Å²) in [7, 11) is -1.91. The van der Waals surface area contributed by atoms with Gasteiger partial charge in [0.25, 0.3) is 0 Å². The maximum Gasteiger partial charge on any atom is 0.501 e. The maximum atomic E-state index is 5.76. The van der Waals surface area contributed by atoms with Crippen LogP contribution in [0, 0.1) is 0 Å². The van der Waals surface area contributed by atoms with E-state index in [1.807, 2.05) is 34.6 Å². The lowest BCUT2D eigenvalue weighted by Crippen LogP contribution is -2.46. The van der Waals surface area contributed by atoms with Crippen LogP contribution in [0.1, 0.15) is 53.9 Å². The van der Waals surface area contributed by atoms with E-state index in [-0.39, 0.29) is 0 Å². The summed E-state index contributed by atoms with van der Waals surface area (Å²) in [6.45, 7) is 22.3. The zero-order chi connectivity index (χ0) is 36.3. The van der Waals surface area contributed by atoms with Crippen LogP contribution in [0.5, 0.6) is 0 Å². The summed E-state index contributed by atoms with van der Waals surface area (Å²) >= 11 is 0. The molecule has 0 aromatic carbocycles. The Labute approximate surface area is 300 Å². The molecule has 0 aromatic rings. The van der Waals surface area contributed by atoms with Crippen LogP contribution >= 0.6 is 0 Å². The smallest absolute Gasteiger partial charge is 0.395 e. The largest absolute Gasteiger partial charge is 0.501 e. The Kier molecular flexibility index (Phi) is 27.5. The quantitative estimate of drug-likeness (QED) is 0.0559. The topological polar surface area (TPSA) is 139 Å².